The van der Waals surface area contributed by atoms with Crippen molar-refractivity contribution in [3.63, 3.8) is 0 Å². The highest BCUT2D eigenvalue weighted by atomic mass is 32.2. The van der Waals surface area contributed by atoms with Crippen molar-refractivity contribution in [2.75, 3.05) is 18.0 Å². The Morgan fingerprint density at radius 1 is 1.10 bits per heavy atom. The molecule has 2 aromatic carbocycles. The Morgan fingerprint density at radius 2 is 1.90 bits per heavy atom. The van der Waals surface area contributed by atoms with Gasteiger partial charge in [0.1, 0.15) is 0 Å². The molecule has 0 radical (unpaired) electrons. The van der Waals surface area contributed by atoms with Crippen molar-refractivity contribution in [2.24, 2.45) is 0 Å². The van der Waals surface area contributed by atoms with Crippen LogP contribution in [0.2, 0.25) is 0 Å². The molecule has 104 valence electrons. The highest BCUT2D eigenvalue weighted by molar-refractivity contribution is 8.00. The van der Waals surface area contributed by atoms with Gasteiger partial charge in [-0.1, -0.05) is 36.4 Å². The normalized spacial score (nSPS) is 10.2. The molecule has 1 amide bonds. The lowest BCUT2D eigenvalue weighted by Crippen LogP contribution is -2.27. The Hall–Kier alpha value is -1.94. The lowest BCUT2D eigenvalue weighted by atomic mass is 10.1. The number of hydrogen-bond acceptors (Lipinski definition) is 3. The van der Waals surface area contributed by atoms with Crippen LogP contribution in [0.15, 0.2) is 59.5 Å². The SMILES string of the molecule is Nc1cccc(SCC(=O)NCCc2ccccc2)c1. The molecule has 0 heterocycles. The monoisotopic (exact) mass is 286 g/mol. The van der Waals surface area contributed by atoms with E-state index in [2.05, 4.69) is 17.4 Å². The molecule has 20 heavy (non-hydrogen) atoms. The van der Waals surface area contributed by atoms with Gasteiger partial charge in [0.05, 0.1) is 5.75 Å². The van der Waals surface area contributed by atoms with E-state index >= 15 is 0 Å². The number of rotatable bonds is 6. The Kier molecular flexibility index (Phi) is 5.50. The van der Waals surface area contributed by atoms with E-state index in [0.29, 0.717) is 12.3 Å². The number of nitrogens with two attached hydrogens (primary N) is 1. The second kappa shape index (κ2) is 7.60. The third-order valence-corrected chi connectivity index (χ3v) is 3.80. The minimum Gasteiger partial charge on any atom is -0.399 e. The number of amides is 1. The number of carbonyl (C=O) groups is 1. The molecule has 0 atom stereocenters. The van der Waals surface area contributed by atoms with Gasteiger partial charge in [0.15, 0.2) is 0 Å². The lowest BCUT2D eigenvalue weighted by molar-refractivity contribution is -0.118. The summed E-state index contributed by atoms with van der Waals surface area (Å²) in [5.74, 6) is 0.464. The Balaban J connectivity index is 1.68. The van der Waals surface area contributed by atoms with E-state index in [4.69, 9.17) is 5.73 Å². The Labute approximate surface area is 123 Å². The van der Waals surface area contributed by atoms with Crippen LogP contribution < -0.4 is 11.1 Å². The summed E-state index contributed by atoms with van der Waals surface area (Å²) in [5.41, 5.74) is 7.65. The third-order valence-electron chi connectivity index (χ3n) is 2.81. The van der Waals surface area contributed by atoms with Crippen LogP contribution in [0.5, 0.6) is 0 Å². The van der Waals surface area contributed by atoms with Gasteiger partial charge in [0.2, 0.25) is 5.91 Å². The number of nitrogens with one attached hydrogen (secondary N) is 1. The average Bonchev–Trinajstić information content (AvgIpc) is 2.46. The maximum Gasteiger partial charge on any atom is 0.230 e. The van der Waals surface area contributed by atoms with Crippen LogP contribution in [0, 0.1) is 0 Å². The second-order valence-corrected chi connectivity index (χ2v) is 5.50. The minimum atomic E-state index is 0.0494. The summed E-state index contributed by atoms with van der Waals surface area (Å²) in [6.45, 7) is 0.667. The molecule has 0 spiro atoms. The minimum absolute atomic E-state index is 0.0494. The molecule has 3 nitrogen and oxygen atoms in total. The first-order valence-corrected chi connectivity index (χ1v) is 7.51. The van der Waals surface area contributed by atoms with E-state index in [9.17, 15) is 4.79 Å². The first-order chi connectivity index (χ1) is 9.74. The van der Waals surface area contributed by atoms with Gasteiger partial charge < -0.3 is 11.1 Å². The summed E-state index contributed by atoms with van der Waals surface area (Å²) in [6, 6.07) is 17.7. The van der Waals surface area contributed by atoms with E-state index in [-0.39, 0.29) is 5.91 Å². The Bertz CT molecular complexity index is 557. The van der Waals surface area contributed by atoms with Gasteiger partial charge in [0.25, 0.3) is 0 Å². The van der Waals surface area contributed by atoms with Crippen molar-refractivity contribution in [3.8, 4) is 0 Å². The number of thioether (sulfide) groups is 1. The van der Waals surface area contributed by atoms with Crippen molar-refractivity contribution < 1.29 is 4.79 Å². The van der Waals surface area contributed by atoms with Crippen molar-refractivity contribution in [1.82, 2.24) is 5.32 Å². The predicted octanol–water partition coefficient (Wildman–Crippen LogP) is 2.72. The van der Waals surface area contributed by atoms with Crippen LogP contribution in [0.25, 0.3) is 0 Å². The van der Waals surface area contributed by atoms with Gasteiger partial charge in [0, 0.05) is 17.1 Å². The zero-order valence-electron chi connectivity index (χ0n) is 11.2. The molecule has 2 aromatic rings. The smallest absolute Gasteiger partial charge is 0.230 e. The van der Waals surface area contributed by atoms with Crippen molar-refractivity contribution >= 4 is 23.4 Å². The highest BCUT2D eigenvalue weighted by Crippen LogP contribution is 2.19. The van der Waals surface area contributed by atoms with Crippen molar-refractivity contribution in [2.45, 2.75) is 11.3 Å². The Morgan fingerprint density at radius 3 is 2.65 bits per heavy atom. The summed E-state index contributed by atoms with van der Waals surface area (Å²) in [6.07, 6.45) is 0.857. The number of hydrogen-bond donors (Lipinski definition) is 2. The van der Waals surface area contributed by atoms with Crippen molar-refractivity contribution in [1.29, 1.82) is 0 Å². The van der Waals surface area contributed by atoms with Crippen molar-refractivity contribution in [3.05, 3.63) is 60.2 Å². The molecule has 0 fully saturated rings. The quantitative estimate of drug-likeness (QED) is 0.634. The third kappa shape index (κ3) is 4.97. The van der Waals surface area contributed by atoms with Gasteiger partial charge >= 0.3 is 0 Å². The van der Waals surface area contributed by atoms with E-state index in [1.807, 2.05) is 42.5 Å². The molecular formula is C16H18N2OS. The van der Waals surface area contributed by atoms with E-state index in [1.54, 1.807) is 0 Å². The van der Waals surface area contributed by atoms with Crippen LogP contribution in [0.4, 0.5) is 5.69 Å². The number of anilines is 1. The first-order valence-electron chi connectivity index (χ1n) is 6.53. The van der Waals surface area contributed by atoms with Gasteiger partial charge in [-0.3, -0.25) is 4.79 Å². The highest BCUT2D eigenvalue weighted by Gasteiger charge is 2.02. The van der Waals surface area contributed by atoms with Gasteiger partial charge in [-0.05, 0) is 30.2 Å². The molecule has 0 bridgehead atoms. The summed E-state index contributed by atoms with van der Waals surface area (Å²) in [5, 5.41) is 2.92. The van der Waals surface area contributed by atoms with Crippen LogP contribution in [0.3, 0.4) is 0 Å². The topological polar surface area (TPSA) is 55.1 Å². The molecule has 0 unspecified atom stereocenters. The first kappa shape index (κ1) is 14.5. The maximum atomic E-state index is 11.7. The summed E-state index contributed by atoms with van der Waals surface area (Å²) < 4.78 is 0. The van der Waals surface area contributed by atoms with E-state index < -0.39 is 0 Å². The fourth-order valence-corrected chi connectivity index (χ4v) is 2.59. The molecule has 4 heteroatoms. The largest absolute Gasteiger partial charge is 0.399 e. The van der Waals surface area contributed by atoms with Crippen LogP contribution in [-0.4, -0.2) is 18.2 Å². The predicted molar refractivity (Wildman–Crippen MR) is 84.7 cm³/mol. The van der Waals surface area contributed by atoms with Crippen LogP contribution in [-0.2, 0) is 11.2 Å². The zero-order chi connectivity index (χ0) is 14.2. The fraction of sp³-hybridized carbons (Fsp3) is 0.188. The summed E-state index contributed by atoms with van der Waals surface area (Å²) in [4.78, 5) is 12.7. The molecule has 0 aliphatic carbocycles. The van der Waals surface area contributed by atoms with Gasteiger partial charge in [-0.15, -0.1) is 11.8 Å². The van der Waals surface area contributed by atoms with Crippen LogP contribution in [0.1, 0.15) is 5.56 Å². The fourth-order valence-electron chi connectivity index (χ4n) is 1.80. The maximum absolute atomic E-state index is 11.7. The van der Waals surface area contributed by atoms with E-state index in [1.165, 1.54) is 17.3 Å². The molecule has 0 saturated heterocycles. The van der Waals surface area contributed by atoms with Gasteiger partial charge in [-0.25, -0.2) is 0 Å². The molecule has 0 aromatic heterocycles. The second-order valence-electron chi connectivity index (χ2n) is 4.45. The molecule has 3 N–H and O–H groups in total. The molecule has 0 aliphatic rings. The standard InChI is InChI=1S/C16H18N2OS/c17-14-7-4-8-15(11-14)20-12-16(19)18-10-9-13-5-2-1-3-6-13/h1-8,11H,9-10,12,17H2,(H,18,19). The molecule has 0 saturated carbocycles. The van der Waals surface area contributed by atoms with E-state index in [0.717, 1.165) is 17.0 Å². The average molecular weight is 286 g/mol. The zero-order valence-corrected chi connectivity index (χ0v) is 12.0. The molecular weight excluding hydrogens is 268 g/mol. The molecule has 0 aliphatic heterocycles. The summed E-state index contributed by atoms with van der Waals surface area (Å²) in [7, 11) is 0. The number of benzene rings is 2. The van der Waals surface area contributed by atoms with Gasteiger partial charge in [-0.2, -0.15) is 0 Å². The van der Waals surface area contributed by atoms with Crippen LogP contribution >= 0.6 is 11.8 Å². The lowest BCUT2D eigenvalue weighted by Gasteiger charge is -2.06. The molecule has 2 rings (SSSR count). The number of nitrogen functional groups attached to an aromatic ring is 1. The summed E-state index contributed by atoms with van der Waals surface area (Å²) >= 11 is 1.50. The number of carbonyl (C=O) groups excluding carboxylic acids is 1.